The molecule has 0 aliphatic rings. The van der Waals surface area contributed by atoms with Gasteiger partial charge >= 0.3 is 0 Å². The summed E-state index contributed by atoms with van der Waals surface area (Å²) in [6.45, 7) is 2.34. The van der Waals surface area contributed by atoms with Gasteiger partial charge in [-0.05, 0) is 41.6 Å². The Morgan fingerprint density at radius 2 is 2.24 bits per heavy atom. The third-order valence-corrected chi connectivity index (χ3v) is 3.45. The van der Waals surface area contributed by atoms with E-state index >= 15 is 0 Å². The van der Waals surface area contributed by atoms with Gasteiger partial charge in [-0.1, -0.05) is 12.1 Å². The Hall–Kier alpha value is -1.81. The van der Waals surface area contributed by atoms with Crippen molar-refractivity contribution in [3.8, 4) is 5.75 Å². The van der Waals surface area contributed by atoms with Crippen molar-refractivity contribution in [2.24, 2.45) is 0 Å². The standard InChI is InChI=1S/C13H13NO2S/c1-9-5-6-17-12(9)13(16)14-8-10-3-2-4-11(15)7-10/h2-7,15H,8H2,1H3,(H,14,16). The zero-order chi connectivity index (χ0) is 12.3. The molecule has 2 N–H and O–H groups in total. The average molecular weight is 247 g/mol. The summed E-state index contributed by atoms with van der Waals surface area (Å²) in [6.07, 6.45) is 0. The molecule has 0 aliphatic heterocycles. The first-order valence-electron chi connectivity index (χ1n) is 5.27. The molecule has 0 aliphatic carbocycles. The molecule has 0 saturated heterocycles. The van der Waals surface area contributed by atoms with Gasteiger partial charge in [0.2, 0.25) is 0 Å². The van der Waals surface area contributed by atoms with Gasteiger partial charge in [0.1, 0.15) is 5.75 Å². The van der Waals surface area contributed by atoms with Gasteiger partial charge in [0, 0.05) is 6.54 Å². The van der Waals surface area contributed by atoms with Crippen molar-refractivity contribution in [1.82, 2.24) is 5.32 Å². The van der Waals surface area contributed by atoms with E-state index in [1.165, 1.54) is 11.3 Å². The molecule has 0 saturated carbocycles. The zero-order valence-electron chi connectivity index (χ0n) is 9.43. The topological polar surface area (TPSA) is 49.3 Å². The fourth-order valence-electron chi connectivity index (χ4n) is 1.53. The Labute approximate surface area is 104 Å². The van der Waals surface area contributed by atoms with Crippen molar-refractivity contribution in [1.29, 1.82) is 0 Å². The monoisotopic (exact) mass is 247 g/mol. The van der Waals surface area contributed by atoms with Gasteiger partial charge in [-0.2, -0.15) is 0 Å². The van der Waals surface area contributed by atoms with Crippen LogP contribution in [0.3, 0.4) is 0 Å². The summed E-state index contributed by atoms with van der Waals surface area (Å²) < 4.78 is 0. The summed E-state index contributed by atoms with van der Waals surface area (Å²) in [4.78, 5) is 12.6. The lowest BCUT2D eigenvalue weighted by Crippen LogP contribution is -2.22. The fourth-order valence-corrected chi connectivity index (χ4v) is 2.38. The average Bonchev–Trinajstić information content (AvgIpc) is 2.72. The van der Waals surface area contributed by atoms with Gasteiger partial charge in [0.25, 0.3) is 5.91 Å². The maximum atomic E-state index is 11.8. The lowest BCUT2D eigenvalue weighted by molar-refractivity contribution is 0.0954. The molecule has 2 aromatic rings. The number of rotatable bonds is 3. The molecule has 0 bridgehead atoms. The summed E-state index contributed by atoms with van der Waals surface area (Å²) in [5.41, 5.74) is 1.87. The first-order chi connectivity index (χ1) is 8.16. The summed E-state index contributed by atoms with van der Waals surface area (Å²) in [6, 6.07) is 8.79. The maximum Gasteiger partial charge on any atom is 0.261 e. The smallest absolute Gasteiger partial charge is 0.261 e. The molecule has 0 spiro atoms. The predicted molar refractivity (Wildman–Crippen MR) is 68.3 cm³/mol. The first kappa shape index (κ1) is 11.7. The quantitative estimate of drug-likeness (QED) is 0.876. The molecule has 1 aromatic heterocycles. The number of amides is 1. The lowest BCUT2D eigenvalue weighted by atomic mass is 10.2. The molecule has 2 rings (SSSR count). The molecule has 88 valence electrons. The molecule has 17 heavy (non-hydrogen) atoms. The highest BCUT2D eigenvalue weighted by molar-refractivity contribution is 7.12. The predicted octanol–water partition coefficient (Wildman–Crippen LogP) is 2.69. The van der Waals surface area contributed by atoms with E-state index in [9.17, 15) is 9.90 Å². The second-order valence-corrected chi connectivity index (χ2v) is 4.70. The normalized spacial score (nSPS) is 10.2. The van der Waals surface area contributed by atoms with Gasteiger partial charge < -0.3 is 10.4 Å². The number of aromatic hydroxyl groups is 1. The molecule has 0 radical (unpaired) electrons. The van der Waals surface area contributed by atoms with E-state index in [4.69, 9.17) is 0 Å². The Kier molecular flexibility index (Phi) is 3.44. The Bertz CT molecular complexity index is 534. The van der Waals surface area contributed by atoms with Crippen LogP contribution in [-0.4, -0.2) is 11.0 Å². The number of hydrogen-bond donors (Lipinski definition) is 2. The summed E-state index contributed by atoms with van der Waals surface area (Å²) in [5, 5.41) is 14.0. The SMILES string of the molecule is Cc1ccsc1C(=O)NCc1cccc(O)c1. The van der Waals surface area contributed by atoms with Crippen molar-refractivity contribution in [2.45, 2.75) is 13.5 Å². The number of hydrogen-bond acceptors (Lipinski definition) is 3. The second-order valence-electron chi connectivity index (χ2n) is 3.79. The van der Waals surface area contributed by atoms with Gasteiger partial charge in [-0.25, -0.2) is 0 Å². The van der Waals surface area contributed by atoms with Crippen LogP contribution >= 0.6 is 11.3 Å². The van der Waals surface area contributed by atoms with E-state index in [0.29, 0.717) is 6.54 Å². The van der Waals surface area contributed by atoms with Crippen LogP contribution in [0.4, 0.5) is 0 Å². The number of benzene rings is 1. The number of carbonyl (C=O) groups is 1. The van der Waals surface area contributed by atoms with Crippen LogP contribution in [0.15, 0.2) is 35.7 Å². The van der Waals surface area contributed by atoms with Crippen molar-refractivity contribution < 1.29 is 9.90 Å². The molecule has 0 fully saturated rings. The van der Waals surface area contributed by atoms with Gasteiger partial charge in [-0.15, -0.1) is 11.3 Å². The molecule has 1 aromatic carbocycles. The molecule has 1 heterocycles. The minimum absolute atomic E-state index is 0.0687. The molecular formula is C13H13NO2S. The van der Waals surface area contributed by atoms with Crippen LogP contribution in [-0.2, 0) is 6.54 Å². The van der Waals surface area contributed by atoms with E-state index in [0.717, 1.165) is 16.0 Å². The highest BCUT2D eigenvalue weighted by Crippen LogP contribution is 2.16. The van der Waals surface area contributed by atoms with Crippen LogP contribution in [0, 0.1) is 6.92 Å². The third kappa shape index (κ3) is 2.85. The highest BCUT2D eigenvalue weighted by Gasteiger charge is 2.09. The molecule has 1 amide bonds. The molecule has 0 unspecified atom stereocenters. The van der Waals surface area contributed by atoms with Crippen molar-refractivity contribution in [2.75, 3.05) is 0 Å². The van der Waals surface area contributed by atoms with Gasteiger partial charge in [0.15, 0.2) is 0 Å². The van der Waals surface area contributed by atoms with Crippen molar-refractivity contribution in [3.05, 3.63) is 51.7 Å². The Morgan fingerprint density at radius 3 is 2.88 bits per heavy atom. The number of phenolic OH excluding ortho intramolecular Hbond substituents is 1. The first-order valence-corrected chi connectivity index (χ1v) is 6.15. The van der Waals surface area contributed by atoms with E-state index < -0.39 is 0 Å². The van der Waals surface area contributed by atoms with Gasteiger partial charge in [0.05, 0.1) is 4.88 Å². The zero-order valence-corrected chi connectivity index (χ0v) is 10.3. The van der Waals surface area contributed by atoms with E-state index in [2.05, 4.69) is 5.32 Å². The van der Waals surface area contributed by atoms with Crippen molar-refractivity contribution >= 4 is 17.2 Å². The van der Waals surface area contributed by atoms with E-state index in [-0.39, 0.29) is 11.7 Å². The molecule has 0 atom stereocenters. The van der Waals surface area contributed by atoms with Crippen LogP contribution in [0.2, 0.25) is 0 Å². The molecule has 4 heteroatoms. The minimum Gasteiger partial charge on any atom is -0.508 e. The number of carbonyl (C=O) groups excluding carboxylic acids is 1. The summed E-state index contributed by atoms with van der Waals surface area (Å²) in [5.74, 6) is 0.143. The largest absolute Gasteiger partial charge is 0.508 e. The molecule has 3 nitrogen and oxygen atoms in total. The summed E-state index contributed by atoms with van der Waals surface area (Å²) >= 11 is 1.43. The number of aryl methyl sites for hydroxylation is 1. The second kappa shape index (κ2) is 5.01. The van der Waals surface area contributed by atoms with Crippen LogP contribution in [0.5, 0.6) is 5.75 Å². The van der Waals surface area contributed by atoms with Crippen LogP contribution in [0.25, 0.3) is 0 Å². The van der Waals surface area contributed by atoms with Crippen LogP contribution in [0.1, 0.15) is 20.8 Å². The number of thiophene rings is 1. The highest BCUT2D eigenvalue weighted by atomic mass is 32.1. The van der Waals surface area contributed by atoms with Crippen molar-refractivity contribution in [3.63, 3.8) is 0 Å². The van der Waals surface area contributed by atoms with E-state index in [1.807, 2.05) is 24.4 Å². The Morgan fingerprint density at radius 1 is 1.41 bits per heavy atom. The maximum absolute atomic E-state index is 11.8. The fraction of sp³-hybridized carbons (Fsp3) is 0.154. The molecular weight excluding hydrogens is 234 g/mol. The lowest BCUT2D eigenvalue weighted by Gasteiger charge is -2.05. The van der Waals surface area contributed by atoms with E-state index in [1.54, 1.807) is 18.2 Å². The third-order valence-electron chi connectivity index (χ3n) is 2.43. The number of nitrogens with one attached hydrogen (secondary N) is 1. The minimum atomic E-state index is -0.0687. The number of phenols is 1. The summed E-state index contributed by atoms with van der Waals surface area (Å²) in [7, 11) is 0. The van der Waals surface area contributed by atoms with Crippen LogP contribution < -0.4 is 5.32 Å². The Balaban J connectivity index is 1.99. The van der Waals surface area contributed by atoms with Gasteiger partial charge in [-0.3, -0.25) is 4.79 Å².